The summed E-state index contributed by atoms with van der Waals surface area (Å²) in [6.07, 6.45) is 4.89. The van der Waals surface area contributed by atoms with Crippen LogP contribution in [0.2, 0.25) is 0 Å². The van der Waals surface area contributed by atoms with Gasteiger partial charge in [0.05, 0.1) is 17.2 Å². The first-order valence-corrected chi connectivity index (χ1v) is 7.08. The minimum absolute atomic E-state index is 0.00600. The molecule has 3 heterocycles. The Morgan fingerprint density at radius 2 is 2.00 bits per heavy atom. The van der Waals surface area contributed by atoms with E-state index in [0.717, 1.165) is 5.82 Å². The SMILES string of the molecule is N#Cc1ccnc(N2CCN(C(=O)c3cccnc3)CC2)c1. The number of rotatable bonds is 2. The van der Waals surface area contributed by atoms with Gasteiger partial charge in [-0.3, -0.25) is 9.78 Å². The molecule has 0 bridgehead atoms. The average molecular weight is 293 g/mol. The fourth-order valence-corrected chi connectivity index (χ4v) is 2.47. The van der Waals surface area contributed by atoms with Gasteiger partial charge in [0.25, 0.3) is 5.91 Å². The van der Waals surface area contributed by atoms with Crippen LogP contribution < -0.4 is 4.90 Å². The van der Waals surface area contributed by atoms with Gasteiger partial charge in [0.1, 0.15) is 5.82 Å². The van der Waals surface area contributed by atoms with Crippen LogP contribution in [0.15, 0.2) is 42.9 Å². The van der Waals surface area contributed by atoms with Crippen molar-refractivity contribution in [1.82, 2.24) is 14.9 Å². The van der Waals surface area contributed by atoms with Crippen LogP contribution >= 0.6 is 0 Å². The molecular weight excluding hydrogens is 278 g/mol. The third-order valence-electron chi connectivity index (χ3n) is 3.67. The van der Waals surface area contributed by atoms with Gasteiger partial charge in [0, 0.05) is 44.8 Å². The third-order valence-corrected chi connectivity index (χ3v) is 3.67. The molecule has 3 rings (SSSR count). The molecule has 110 valence electrons. The van der Waals surface area contributed by atoms with Crippen LogP contribution in [0.5, 0.6) is 0 Å². The highest BCUT2D eigenvalue weighted by Crippen LogP contribution is 2.16. The van der Waals surface area contributed by atoms with Crippen molar-refractivity contribution in [3.05, 3.63) is 54.0 Å². The number of nitrogens with zero attached hydrogens (tertiary/aromatic N) is 5. The summed E-state index contributed by atoms with van der Waals surface area (Å²) >= 11 is 0. The fourth-order valence-electron chi connectivity index (χ4n) is 2.47. The number of carbonyl (C=O) groups is 1. The molecule has 6 heteroatoms. The van der Waals surface area contributed by atoms with Crippen LogP contribution in [0.25, 0.3) is 0 Å². The Morgan fingerprint density at radius 3 is 2.68 bits per heavy atom. The van der Waals surface area contributed by atoms with Crippen molar-refractivity contribution in [1.29, 1.82) is 5.26 Å². The molecule has 1 amide bonds. The topological polar surface area (TPSA) is 73.1 Å². The zero-order valence-electron chi connectivity index (χ0n) is 12.0. The molecular formula is C16H15N5O. The quantitative estimate of drug-likeness (QED) is 0.834. The maximum atomic E-state index is 12.4. The second-order valence-electron chi connectivity index (χ2n) is 5.04. The highest BCUT2D eigenvalue weighted by atomic mass is 16.2. The molecule has 0 unspecified atom stereocenters. The number of pyridine rings is 2. The largest absolute Gasteiger partial charge is 0.353 e. The summed E-state index contributed by atoms with van der Waals surface area (Å²) in [5, 5.41) is 8.95. The second-order valence-corrected chi connectivity index (χ2v) is 5.04. The van der Waals surface area contributed by atoms with Crippen molar-refractivity contribution < 1.29 is 4.79 Å². The first-order chi connectivity index (χ1) is 10.8. The van der Waals surface area contributed by atoms with E-state index in [0.29, 0.717) is 37.3 Å². The van der Waals surface area contributed by atoms with Crippen LogP contribution in [0.4, 0.5) is 5.82 Å². The Morgan fingerprint density at radius 1 is 1.18 bits per heavy atom. The molecule has 0 saturated carbocycles. The summed E-state index contributed by atoms with van der Waals surface area (Å²) in [5.41, 5.74) is 1.21. The molecule has 0 aliphatic carbocycles. The van der Waals surface area contributed by atoms with Gasteiger partial charge in [-0.1, -0.05) is 0 Å². The number of hydrogen-bond acceptors (Lipinski definition) is 5. The fraction of sp³-hybridized carbons (Fsp3) is 0.250. The van der Waals surface area contributed by atoms with Gasteiger partial charge in [-0.25, -0.2) is 4.98 Å². The smallest absolute Gasteiger partial charge is 0.255 e. The molecule has 1 aliphatic rings. The number of anilines is 1. The third kappa shape index (κ3) is 2.88. The Hall–Kier alpha value is -2.94. The number of amides is 1. The second kappa shape index (κ2) is 6.22. The molecule has 0 aromatic carbocycles. The Balaban J connectivity index is 1.65. The molecule has 22 heavy (non-hydrogen) atoms. The van der Waals surface area contributed by atoms with Crippen molar-refractivity contribution >= 4 is 11.7 Å². The van der Waals surface area contributed by atoms with E-state index < -0.39 is 0 Å². The van der Waals surface area contributed by atoms with E-state index in [4.69, 9.17) is 5.26 Å². The van der Waals surface area contributed by atoms with Gasteiger partial charge >= 0.3 is 0 Å². The Kier molecular flexibility index (Phi) is 3.97. The first-order valence-electron chi connectivity index (χ1n) is 7.08. The maximum Gasteiger partial charge on any atom is 0.255 e. The predicted molar refractivity (Wildman–Crippen MR) is 81.3 cm³/mol. The molecule has 1 fully saturated rings. The molecule has 0 spiro atoms. The van der Waals surface area contributed by atoms with E-state index in [1.54, 1.807) is 42.9 Å². The monoisotopic (exact) mass is 293 g/mol. The molecule has 0 atom stereocenters. The lowest BCUT2D eigenvalue weighted by Crippen LogP contribution is -2.49. The van der Waals surface area contributed by atoms with Crippen LogP contribution in [0.3, 0.4) is 0 Å². The molecule has 0 radical (unpaired) electrons. The van der Waals surface area contributed by atoms with Crippen LogP contribution in [0, 0.1) is 11.3 Å². The molecule has 1 aliphatic heterocycles. The zero-order valence-corrected chi connectivity index (χ0v) is 12.0. The van der Waals surface area contributed by atoms with E-state index in [1.165, 1.54) is 0 Å². The lowest BCUT2D eigenvalue weighted by Gasteiger charge is -2.35. The van der Waals surface area contributed by atoms with Crippen molar-refractivity contribution in [3.8, 4) is 6.07 Å². The molecule has 0 N–H and O–H groups in total. The van der Waals surface area contributed by atoms with E-state index in [-0.39, 0.29) is 5.91 Å². The van der Waals surface area contributed by atoms with Crippen LogP contribution in [-0.4, -0.2) is 47.0 Å². The van der Waals surface area contributed by atoms with E-state index in [9.17, 15) is 4.79 Å². The minimum atomic E-state index is 0.00600. The van der Waals surface area contributed by atoms with Crippen molar-refractivity contribution in [3.63, 3.8) is 0 Å². The lowest BCUT2D eigenvalue weighted by molar-refractivity contribution is 0.0746. The molecule has 2 aromatic rings. The van der Waals surface area contributed by atoms with E-state index >= 15 is 0 Å². The highest BCUT2D eigenvalue weighted by Gasteiger charge is 2.22. The van der Waals surface area contributed by atoms with Crippen molar-refractivity contribution in [2.24, 2.45) is 0 Å². The number of hydrogen-bond donors (Lipinski definition) is 0. The molecule has 1 saturated heterocycles. The summed E-state index contributed by atoms with van der Waals surface area (Å²) in [4.78, 5) is 24.5. The van der Waals surface area contributed by atoms with Gasteiger partial charge in [0.2, 0.25) is 0 Å². The average Bonchev–Trinajstić information content (AvgIpc) is 2.62. The van der Waals surface area contributed by atoms with Crippen LogP contribution in [0.1, 0.15) is 15.9 Å². The molecule has 6 nitrogen and oxygen atoms in total. The lowest BCUT2D eigenvalue weighted by atomic mass is 10.2. The Bertz CT molecular complexity index is 702. The number of nitriles is 1. The van der Waals surface area contributed by atoms with E-state index in [2.05, 4.69) is 20.9 Å². The van der Waals surface area contributed by atoms with Crippen molar-refractivity contribution in [2.45, 2.75) is 0 Å². The zero-order chi connectivity index (χ0) is 15.4. The number of aromatic nitrogens is 2. The molecule has 2 aromatic heterocycles. The van der Waals surface area contributed by atoms with Crippen LogP contribution in [-0.2, 0) is 0 Å². The van der Waals surface area contributed by atoms with Gasteiger partial charge in [-0.2, -0.15) is 5.26 Å². The number of carbonyl (C=O) groups excluding carboxylic acids is 1. The van der Waals surface area contributed by atoms with Gasteiger partial charge in [-0.15, -0.1) is 0 Å². The maximum absolute atomic E-state index is 12.4. The van der Waals surface area contributed by atoms with Gasteiger partial charge < -0.3 is 9.80 Å². The predicted octanol–water partition coefficient (Wildman–Crippen LogP) is 1.31. The normalized spacial score (nSPS) is 14.5. The first kappa shape index (κ1) is 14.0. The summed E-state index contributed by atoms with van der Waals surface area (Å²) in [7, 11) is 0. The Labute approximate surface area is 128 Å². The highest BCUT2D eigenvalue weighted by molar-refractivity contribution is 5.94. The van der Waals surface area contributed by atoms with E-state index in [1.807, 2.05) is 4.90 Å². The minimum Gasteiger partial charge on any atom is -0.353 e. The van der Waals surface area contributed by atoms with Crippen molar-refractivity contribution in [2.75, 3.05) is 31.1 Å². The summed E-state index contributed by atoms with van der Waals surface area (Å²) in [5.74, 6) is 0.791. The summed E-state index contributed by atoms with van der Waals surface area (Å²) in [6.45, 7) is 2.67. The van der Waals surface area contributed by atoms with Gasteiger partial charge in [0.15, 0.2) is 0 Å². The standard InChI is InChI=1S/C16H15N5O/c17-11-13-3-5-19-15(10-13)20-6-8-21(9-7-20)16(22)14-2-1-4-18-12-14/h1-5,10,12H,6-9H2. The van der Waals surface area contributed by atoms with Gasteiger partial charge in [-0.05, 0) is 24.3 Å². The number of piperazine rings is 1. The summed E-state index contributed by atoms with van der Waals surface area (Å²) in [6, 6.07) is 9.12. The summed E-state index contributed by atoms with van der Waals surface area (Å²) < 4.78 is 0.